The van der Waals surface area contributed by atoms with Crippen molar-refractivity contribution in [2.24, 2.45) is 0 Å². The van der Waals surface area contributed by atoms with Gasteiger partial charge < -0.3 is 5.32 Å². The second-order valence-corrected chi connectivity index (χ2v) is 6.52. The van der Waals surface area contributed by atoms with Gasteiger partial charge in [0.1, 0.15) is 0 Å². The Balaban J connectivity index is 2.92. The van der Waals surface area contributed by atoms with Crippen LogP contribution in [0.3, 0.4) is 0 Å². The van der Waals surface area contributed by atoms with Crippen LogP contribution in [0.2, 0.25) is 0 Å². The fourth-order valence-electron chi connectivity index (χ4n) is 2.90. The van der Waals surface area contributed by atoms with E-state index < -0.39 is 0 Å². The molecule has 1 aromatic carbocycles. The number of nitrogens with one attached hydrogen (secondary N) is 1. The smallest absolute Gasteiger partial charge is 0.0449 e. The quantitative estimate of drug-likeness (QED) is 0.722. The summed E-state index contributed by atoms with van der Waals surface area (Å²) in [5.41, 5.74) is 4.16. The van der Waals surface area contributed by atoms with Crippen LogP contribution in [0.25, 0.3) is 0 Å². The number of aryl methyl sites for hydroxylation is 2. The molecule has 0 fully saturated rings. The number of benzene rings is 1. The van der Waals surface area contributed by atoms with Gasteiger partial charge in [-0.25, -0.2) is 0 Å². The van der Waals surface area contributed by atoms with Gasteiger partial charge in [0.25, 0.3) is 0 Å². The lowest BCUT2D eigenvalue weighted by molar-refractivity contribution is 0.197. The molecule has 0 heterocycles. The summed E-state index contributed by atoms with van der Waals surface area (Å²) < 4.78 is 0. The normalized spacial score (nSPS) is 13.1. The van der Waals surface area contributed by atoms with E-state index in [9.17, 15) is 0 Å². The minimum Gasteiger partial charge on any atom is -0.309 e. The third-order valence-corrected chi connectivity index (χ3v) is 3.95. The van der Waals surface area contributed by atoms with Crippen LogP contribution in [0.1, 0.15) is 63.3 Å². The van der Waals surface area contributed by atoms with Crippen molar-refractivity contribution in [3.05, 3.63) is 34.9 Å². The van der Waals surface area contributed by atoms with Gasteiger partial charge >= 0.3 is 0 Å². The first-order valence-corrected chi connectivity index (χ1v) is 8.53. The van der Waals surface area contributed by atoms with E-state index in [-0.39, 0.29) is 0 Å². The van der Waals surface area contributed by atoms with Crippen LogP contribution in [0.15, 0.2) is 18.2 Å². The first-order chi connectivity index (χ1) is 9.97. The second-order valence-electron chi connectivity index (χ2n) is 6.52. The van der Waals surface area contributed by atoms with E-state index in [1.807, 2.05) is 0 Å². The first kappa shape index (κ1) is 18.2. The topological polar surface area (TPSA) is 15.3 Å². The SMILES string of the molecule is CCCNC(CN(CCC)C(C)C)c1cc(C)cc(C)c1. The fraction of sp³-hybridized carbons (Fsp3) is 0.684. The van der Waals surface area contributed by atoms with Gasteiger partial charge in [-0.1, -0.05) is 43.2 Å². The van der Waals surface area contributed by atoms with E-state index >= 15 is 0 Å². The van der Waals surface area contributed by atoms with Crippen molar-refractivity contribution in [2.75, 3.05) is 19.6 Å². The van der Waals surface area contributed by atoms with Crippen molar-refractivity contribution in [1.82, 2.24) is 10.2 Å². The van der Waals surface area contributed by atoms with Crippen molar-refractivity contribution in [1.29, 1.82) is 0 Å². The van der Waals surface area contributed by atoms with Gasteiger partial charge in [0, 0.05) is 18.6 Å². The molecule has 120 valence electrons. The highest BCUT2D eigenvalue weighted by Gasteiger charge is 2.17. The zero-order valence-electron chi connectivity index (χ0n) is 14.9. The summed E-state index contributed by atoms with van der Waals surface area (Å²) in [4.78, 5) is 2.59. The fourth-order valence-corrected chi connectivity index (χ4v) is 2.90. The molecule has 1 atom stereocenters. The molecule has 2 heteroatoms. The molecule has 0 radical (unpaired) electrons. The Morgan fingerprint density at radius 1 is 1.00 bits per heavy atom. The number of hydrogen-bond acceptors (Lipinski definition) is 2. The Hall–Kier alpha value is -0.860. The van der Waals surface area contributed by atoms with Crippen LogP contribution in [0.4, 0.5) is 0 Å². The summed E-state index contributed by atoms with van der Waals surface area (Å²) >= 11 is 0. The third kappa shape index (κ3) is 6.19. The van der Waals surface area contributed by atoms with Crippen molar-refractivity contribution < 1.29 is 0 Å². The van der Waals surface area contributed by atoms with Crippen molar-refractivity contribution in [3.63, 3.8) is 0 Å². The zero-order chi connectivity index (χ0) is 15.8. The Morgan fingerprint density at radius 2 is 1.62 bits per heavy atom. The van der Waals surface area contributed by atoms with Gasteiger partial charge in [-0.15, -0.1) is 0 Å². The lowest BCUT2D eigenvalue weighted by Gasteiger charge is -2.31. The molecular formula is C19H34N2. The molecule has 2 nitrogen and oxygen atoms in total. The highest BCUT2D eigenvalue weighted by atomic mass is 15.2. The lowest BCUT2D eigenvalue weighted by atomic mass is 10.00. The second kappa shape index (κ2) is 9.22. The minimum absolute atomic E-state index is 0.428. The highest BCUT2D eigenvalue weighted by Crippen LogP contribution is 2.19. The Labute approximate surface area is 131 Å². The van der Waals surface area contributed by atoms with Crippen molar-refractivity contribution >= 4 is 0 Å². The average Bonchev–Trinajstić information content (AvgIpc) is 2.40. The summed E-state index contributed by atoms with van der Waals surface area (Å²) in [6.07, 6.45) is 2.39. The summed E-state index contributed by atoms with van der Waals surface area (Å²) in [7, 11) is 0. The highest BCUT2D eigenvalue weighted by molar-refractivity contribution is 5.31. The van der Waals surface area contributed by atoms with E-state index in [1.165, 1.54) is 36.1 Å². The van der Waals surface area contributed by atoms with E-state index in [1.54, 1.807) is 0 Å². The van der Waals surface area contributed by atoms with E-state index in [0.29, 0.717) is 12.1 Å². The molecule has 1 unspecified atom stereocenters. The molecule has 0 aliphatic rings. The molecular weight excluding hydrogens is 256 g/mol. The zero-order valence-corrected chi connectivity index (χ0v) is 14.9. The van der Waals surface area contributed by atoms with Crippen LogP contribution in [-0.4, -0.2) is 30.6 Å². The van der Waals surface area contributed by atoms with Crippen molar-refractivity contribution in [2.45, 2.75) is 66.5 Å². The Bertz CT molecular complexity index is 392. The third-order valence-electron chi connectivity index (χ3n) is 3.95. The Kier molecular flexibility index (Phi) is 7.98. The molecule has 0 bridgehead atoms. The maximum atomic E-state index is 3.74. The van der Waals surface area contributed by atoms with Crippen LogP contribution in [-0.2, 0) is 0 Å². The van der Waals surface area contributed by atoms with E-state index in [4.69, 9.17) is 0 Å². The predicted octanol–water partition coefficient (Wildman–Crippen LogP) is 4.46. The van der Waals surface area contributed by atoms with E-state index in [2.05, 4.69) is 70.0 Å². The predicted molar refractivity (Wildman–Crippen MR) is 94.0 cm³/mol. The molecule has 0 aromatic heterocycles. The molecule has 0 aliphatic heterocycles. The summed E-state index contributed by atoms with van der Waals surface area (Å²) in [6.45, 7) is 16.8. The summed E-state index contributed by atoms with van der Waals surface area (Å²) in [6, 6.07) is 7.96. The molecule has 1 N–H and O–H groups in total. The average molecular weight is 290 g/mol. The van der Waals surface area contributed by atoms with Gasteiger partial charge in [0.2, 0.25) is 0 Å². The monoisotopic (exact) mass is 290 g/mol. The molecule has 1 rings (SSSR count). The van der Waals surface area contributed by atoms with Gasteiger partial charge in [0.05, 0.1) is 0 Å². The number of hydrogen-bond donors (Lipinski definition) is 1. The van der Waals surface area contributed by atoms with E-state index in [0.717, 1.165) is 13.1 Å². The van der Waals surface area contributed by atoms with Crippen LogP contribution in [0.5, 0.6) is 0 Å². The molecule has 21 heavy (non-hydrogen) atoms. The first-order valence-electron chi connectivity index (χ1n) is 8.53. The molecule has 1 aromatic rings. The van der Waals surface area contributed by atoms with Crippen molar-refractivity contribution in [3.8, 4) is 0 Å². The number of nitrogens with zero attached hydrogens (tertiary/aromatic N) is 1. The summed E-state index contributed by atoms with van der Waals surface area (Å²) in [5, 5.41) is 3.74. The maximum Gasteiger partial charge on any atom is 0.0449 e. The lowest BCUT2D eigenvalue weighted by Crippen LogP contribution is -2.39. The molecule has 0 aliphatic carbocycles. The van der Waals surface area contributed by atoms with Gasteiger partial charge in [-0.2, -0.15) is 0 Å². The van der Waals surface area contributed by atoms with Crippen LogP contribution in [0, 0.1) is 13.8 Å². The van der Waals surface area contributed by atoms with Crippen LogP contribution >= 0.6 is 0 Å². The van der Waals surface area contributed by atoms with Crippen LogP contribution < -0.4 is 5.32 Å². The molecule has 0 spiro atoms. The standard InChI is InChI=1S/C19H34N2/c1-7-9-20-19(14-21(10-8-2)15(3)4)18-12-16(5)11-17(6)13-18/h11-13,15,19-20H,7-10,14H2,1-6H3. The summed E-state index contributed by atoms with van der Waals surface area (Å²) in [5.74, 6) is 0. The van der Waals surface area contributed by atoms with Gasteiger partial charge in [-0.3, -0.25) is 4.90 Å². The molecule has 0 saturated carbocycles. The largest absolute Gasteiger partial charge is 0.309 e. The minimum atomic E-state index is 0.428. The molecule has 0 saturated heterocycles. The maximum absolute atomic E-state index is 3.74. The molecule has 0 amide bonds. The van der Waals surface area contributed by atoms with Gasteiger partial charge in [0.15, 0.2) is 0 Å². The van der Waals surface area contributed by atoms with Gasteiger partial charge in [-0.05, 0) is 59.2 Å². The number of rotatable bonds is 9. The Morgan fingerprint density at radius 3 is 2.10 bits per heavy atom.